The second-order valence-corrected chi connectivity index (χ2v) is 2.61. The fourth-order valence-corrected chi connectivity index (χ4v) is 1.17. The average molecular weight is 197 g/mol. The van der Waals surface area contributed by atoms with Crippen LogP contribution in [0.3, 0.4) is 0 Å². The van der Waals surface area contributed by atoms with Crippen molar-refractivity contribution in [2.24, 2.45) is 0 Å². The van der Waals surface area contributed by atoms with Crippen LogP contribution in [0.5, 0.6) is 0 Å². The molecule has 0 aromatic carbocycles. The van der Waals surface area contributed by atoms with Gasteiger partial charge in [-0.25, -0.2) is 0 Å². The Bertz CT molecular complexity index is 355. The van der Waals surface area contributed by atoms with Gasteiger partial charge in [-0.05, 0) is 22.0 Å². The van der Waals surface area contributed by atoms with Gasteiger partial charge in [0, 0.05) is 6.20 Å². The number of halogens is 1. The van der Waals surface area contributed by atoms with Crippen LogP contribution in [0, 0.1) is 0 Å². The topological polar surface area (TPSA) is 39.9 Å². The second-order valence-electron chi connectivity index (χ2n) is 1.86. The van der Waals surface area contributed by atoms with E-state index in [-0.39, 0.29) is 0 Å². The molecule has 2 aromatic heterocycles. The maximum Gasteiger partial charge on any atom is 0.110 e. The van der Waals surface area contributed by atoms with Crippen molar-refractivity contribution in [3.8, 4) is 0 Å². The maximum atomic E-state index is 4.07. The van der Waals surface area contributed by atoms with Gasteiger partial charge in [0.15, 0.2) is 0 Å². The molecule has 2 aromatic rings. The first-order valence-corrected chi connectivity index (χ1v) is 3.57. The van der Waals surface area contributed by atoms with Crippen molar-refractivity contribution in [2.45, 2.75) is 0 Å². The van der Waals surface area contributed by atoms with Crippen molar-refractivity contribution in [3.63, 3.8) is 0 Å². The largest absolute Gasteiger partial charge is 0.573 e. The van der Waals surface area contributed by atoms with Crippen LogP contribution in [0.15, 0.2) is 22.9 Å². The van der Waals surface area contributed by atoms with Gasteiger partial charge in [0.1, 0.15) is 4.60 Å². The number of hydrogen-bond donors (Lipinski definition) is 0. The van der Waals surface area contributed by atoms with Crippen LogP contribution in [0.4, 0.5) is 0 Å². The summed E-state index contributed by atoms with van der Waals surface area (Å²) in [6, 6.07) is 3.71. The Morgan fingerprint density at radius 1 is 1.50 bits per heavy atom. The minimum absolute atomic E-state index is 0.711. The highest BCUT2D eigenvalue weighted by molar-refractivity contribution is 9.10. The zero-order chi connectivity index (χ0) is 6.97. The highest BCUT2D eigenvalue weighted by Crippen LogP contribution is 2.15. The molecule has 2 rings (SSSR count). The normalized spacial score (nSPS) is 10.5. The number of nitrogens with zero attached hydrogens (tertiary/aromatic N) is 3. The van der Waals surface area contributed by atoms with Gasteiger partial charge >= 0.3 is 0 Å². The first-order chi connectivity index (χ1) is 4.88. The molecule has 10 heavy (non-hydrogen) atoms. The molecule has 0 amide bonds. The van der Waals surface area contributed by atoms with E-state index < -0.39 is 0 Å². The highest BCUT2D eigenvalue weighted by atomic mass is 79.9. The van der Waals surface area contributed by atoms with Gasteiger partial charge in [-0.15, -0.1) is 0 Å². The van der Waals surface area contributed by atoms with Crippen molar-refractivity contribution >= 4 is 27.0 Å². The van der Waals surface area contributed by atoms with E-state index in [0.717, 1.165) is 11.0 Å². The monoisotopic (exact) mass is 196 g/mol. The molecule has 0 N–H and O–H groups in total. The molecule has 0 saturated carbocycles. The van der Waals surface area contributed by atoms with Crippen LogP contribution in [0.2, 0.25) is 0 Å². The van der Waals surface area contributed by atoms with Gasteiger partial charge in [0.05, 0.1) is 5.52 Å². The summed E-state index contributed by atoms with van der Waals surface area (Å²) in [6.45, 7) is 0. The smallest absolute Gasteiger partial charge is 0.110 e. The Hall–Kier alpha value is -0.900. The van der Waals surface area contributed by atoms with Gasteiger partial charge in [0.25, 0.3) is 0 Å². The lowest BCUT2D eigenvalue weighted by Gasteiger charge is -1.91. The lowest BCUT2D eigenvalue weighted by Crippen LogP contribution is -1.72. The summed E-state index contributed by atoms with van der Waals surface area (Å²) >= 11 is 3.23. The Labute approximate surface area is 65.6 Å². The minimum atomic E-state index is 0.711. The fraction of sp³-hybridized carbons (Fsp3) is 0. The van der Waals surface area contributed by atoms with Gasteiger partial charge in [-0.3, -0.25) is 4.98 Å². The molecule has 0 aliphatic carbocycles. The highest BCUT2D eigenvalue weighted by Gasteiger charge is 1.91. The zero-order valence-corrected chi connectivity index (χ0v) is 6.54. The summed E-state index contributed by atoms with van der Waals surface area (Å²) in [4.78, 5) is 4.07. The van der Waals surface area contributed by atoms with E-state index >= 15 is 0 Å². The number of rotatable bonds is 0. The minimum Gasteiger partial charge on any atom is -0.573 e. The van der Waals surface area contributed by atoms with E-state index in [1.807, 2.05) is 12.1 Å². The first kappa shape index (κ1) is 5.85. The summed E-state index contributed by atoms with van der Waals surface area (Å²) < 4.78 is 0.711. The second kappa shape index (κ2) is 2.05. The number of pyridine rings is 1. The number of aromatic nitrogens is 3. The summed E-state index contributed by atoms with van der Waals surface area (Å²) in [6.07, 6.45) is 1.72. The standard InChI is InChI=1S/C6H3BrN3/c7-6-5-4(9-10-6)2-1-3-8-5/h1-3H/q-1. The molecular formula is C6H3BrN3-. The van der Waals surface area contributed by atoms with Crippen molar-refractivity contribution in [1.82, 2.24) is 15.2 Å². The van der Waals surface area contributed by atoms with Crippen molar-refractivity contribution in [3.05, 3.63) is 22.9 Å². The van der Waals surface area contributed by atoms with Gasteiger partial charge in [-0.2, -0.15) is 0 Å². The van der Waals surface area contributed by atoms with Crippen LogP contribution < -0.4 is 5.10 Å². The van der Waals surface area contributed by atoms with E-state index in [9.17, 15) is 0 Å². The molecule has 0 saturated heterocycles. The Balaban J connectivity index is 2.93. The van der Waals surface area contributed by atoms with Crippen molar-refractivity contribution in [1.29, 1.82) is 0 Å². The fourth-order valence-electron chi connectivity index (χ4n) is 0.782. The Kier molecular flexibility index (Phi) is 1.20. The van der Waals surface area contributed by atoms with Gasteiger partial charge in [0.2, 0.25) is 0 Å². The molecule has 2 heterocycles. The van der Waals surface area contributed by atoms with Crippen molar-refractivity contribution in [2.75, 3.05) is 0 Å². The lowest BCUT2D eigenvalue weighted by atomic mass is 10.4. The van der Waals surface area contributed by atoms with Crippen LogP contribution in [0.1, 0.15) is 0 Å². The molecule has 0 aliphatic rings. The molecule has 4 heteroatoms. The SMILES string of the molecule is Brc1n[n-]c2cccnc12. The Morgan fingerprint density at radius 3 is 3.20 bits per heavy atom. The molecule has 0 spiro atoms. The predicted octanol–water partition coefficient (Wildman–Crippen LogP) is 1.35. The molecule has 0 fully saturated rings. The van der Waals surface area contributed by atoms with Gasteiger partial charge in [-0.1, -0.05) is 11.6 Å². The zero-order valence-electron chi connectivity index (χ0n) is 4.95. The third-order valence-corrected chi connectivity index (χ3v) is 1.76. The summed E-state index contributed by atoms with van der Waals surface area (Å²) in [5.74, 6) is 0. The summed E-state index contributed by atoms with van der Waals surface area (Å²) in [5.41, 5.74) is 1.65. The number of fused-ring (bicyclic) bond motifs is 1. The van der Waals surface area contributed by atoms with E-state index in [4.69, 9.17) is 0 Å². The number of hydrogen-bond acceptors (Lipinski definition) is 2. The predicted molar refractivity (Wildman–Crippen MR) is 40.6 cm³/mol. The van der Waals surface area contributed by atoms with E-state index in [1.54, 1.807) is 6.20 Å². The summed E-state index contributed by atoms with van der Waals surface area (Å²) in [7, 11) is 0. The third-order valence-electron chi connectivity index (χ3n) is 1.23. The van der Waals surface area contributed by atoms with E-state index in [0.29, 0.717) is 4.60 Å². The van der Waals surface area contributed by atoms with Crippen LogP contribution in [-0.4, -0.2) is 10.1 Å². The molecular weight excluding hydrogens is 194 g/mol. The van der Waals surface area contributed by atoms with Crippen LogP contribution in [-0.2, 0) is 0 Å². The molecule has 3 nitrogen and oxygen atoms in total. The Morgan fingerprint density at radius 2 is 2.40 bits per heavy atom. The van der Waals surface area contributed by atoms with Crippen LogP contribution >= 0.6 is 15.9 Å². The summed E-state index contributed by atoms with van der Waals surface area (Å²) in [5, 5.41) is 7.66. The molecule has 0 unspecified atom stereocenters. The average Bonchev–Trinajstić information content (AvgIpc) is 2.34. The molecule has 50 valence electrons. The van der Waals surface area contributed by atoms with E-state index in [2.05, 4.69) is 31.1 Å². The quantitative estimate of drug-likeness (QED) is 0.639. The molecule has 0 bridgehead atoms. The third kappa shape index (κ3) is 0.724. The van der Waals surface area contributed by atoms with Crippen LogP contribution in [0.25, 0.3) is 11.0 Å². The van der Waals surface area contributed by atoms with Crippen molar-refractivity contribution < 1.29 is 0 Å². The molecule has 0 radical (unpaired) electrons. The molecule has 0 aliphatic heterocycles. The molecule has 0 atom stereocenters. The maximum absolute atomic E-state index is 4.07. The van der Waals surface area contributed by atoms with Gasteiger partial charge < -0.3 is 10.2 Å². The lowest BCUT2D eigenvalue weighted by molar-refractivity contribution is 1.07. The van der Waals surface area contributed by atoms with E-state index in [1.165, 1.54) is 0 Å². The first-order valence-electron chi connectivity index (χ1n) is 2.77.